The third-order valence-electron chi connectivity index (χ3n) is 1.37. The zero-order chi connectivity index (χ0) is 13.3. The van der Waals surface area contributed by atoms with Gasteiger partial charge in [0.1, 0.15) is 0 Å². The van der Waals surface area contributed by atoms with Crippen LogP contribution in [0, 0.1) is 0 Å². The van der Waals surface area contributed by atoms with E-state index in [2.05, 4.69) is 10.8 Å². The zero-order valence-corrected chi connectivity index (χ0v) is 11.5. The molecule has 17 heavy (non-hydrogen) atoms. The quantitative estimate of drug-likeness (QED) is 0.475. The van der Waals surface area contributed by atoms with E-state index in [0.717, 1.165) is 0 Å². The van der Waals surface area contributed by atoms with Gasteiger partial charge in [-0.15, -0.1) is 6.58 Å². The Kier molecular flexibility index (Phi) is 7.90. The molecule has 0 heterocycles. The molecule has 1 aromatic carbocycles. The summed E-state index contributed by atoms with van der Waals surface area (Å²) in [6.07, 6.45) is 4.67. The Labute approximate surface area is 106 Å². The van der Waals surface area contributed by atoms with Crippen molar-refractivity contribution in [2.45, 2.75) is 4.90 Å². The molecule has 0 unspecified atom stereocenters. The third kappa shape index (κ3) is 7.98. The minimum Gasteiger partial charge on any atom is -0.617 e. The molecule has 0 aliphatic carbocycles. The highest BCUT2D eigenvalue weighted by Gasteiger charge is 2.12. The van der Waals surface area contributed by atoms with Crippen LogP contribution in [0.2, 0.25) is 0 Å². The lowest BCUT2D eigenvalue weighted by molar-refractivity contribution is 0.357. The first kappa shape index (κ1) is 16.2. The fourth-order valence-corrected chi connectivity index (χ4v) is 1.69. The summed E-state index contributed by atoms with van der Waals surface area (Å²) >= 11 is -0.611. The van der Waals surface area contributed by atoms with E-state index in [0.29, 0.717) is 0 Å². The summed E-state index contributed by atoms with van der Waals surface area (Å²) < 4.78 is 36.8. The van der Waals surface area contributed by atoms with E-state index in [1.165, 1.54) is 18.2 Å². The lowest BCUT2D eigenvalue weighted by Crippen LogP contribution is -2.05. The van der Waals surface area contributed by atoms with E-state index in [1.54, 1.807) is 30.7 Å². The molecule has 0 aliphatic heterocycles. The predicted molar refractivity (Wildman–Crippen MR) is 69.8 cm³/mol. The SMILES string of the molecule is C=CCOS(=O)(=O)c1ccccc1.C[S+](C)[O-]. The fourth-order valence-electron chi connectivity index (χ4n) is 0.793. The number of hydrogen-bond acceptors (Lipinski definition) is 4. The van der Waals surface area contributed by atoms with Crippen LogP contribution >= 0.6 is 0 Å². The molecule has 0 N–H and O–H groups in total. The van der Waals surface area contributed by atoms with Gasteiger partial charge in [-0.1, -0.05) is 35.5 Å². The van der Waals surface area contributed by atoms with Gasteiger partial charge in [0.05, 0.1) is 24.0 Å². The number of hydrogen-bond donors (Lipinski definition) is 0. The van der Waals surface area contributed by atoms with E-state index >= 15 is 0 Å². The van der Waals surface area contributed by atoms with Crippen LogP contribution in [-0.4, -0.2) is 32.1 Å². The molecule has 1 aromatic rings. The Balaban J connectivity index is 0.000000557. The monoisotopic (exact) mass is 276 g/mol. The average molecular weight is 276 g/mol. The Morgan fingerprint density at radius 3 is 2.24 bits per heavy atom. The second kappa shape index (κ2) is 8.30. The van der Waals surface area contributed by atoms with Crippen LogP contribution in [0.1, 0.15) is 0 Å². The van der Waals surface area contributed by atoms with E-state index in [1.807, 2.05) is 0 Å². The van der Waals surface area contributed by atoms with Gasteiger partial charge < -0.3 is 4.55 Å². The van der Waals surface area contributed by atoms with Crippen LogP contribution < -0.4 is 0 Å². The zero-order valence-electron chi connectivity index (χ0n) is 9.83. The van der Waals surface area contributed by atoms with Gasteiger partial charge in [0.2, 0.25) is 0 Å². The van der Waals surface area contributed by atoms with Gasteiger partial charge in [-0.25, -0.2) is 0 Å². The highest BCUT2D eigenvalue weighted by atomic mass is 32.2. The molecule has 4 nitrogen and oxygen atoms in total. The highest BCUT2D eigenvalue weighted by molar-refractivity contribution is 7.89. The highest BCUT2D eigenvalue weighted by Crippen LogP contribution is 2.10. The molecule has 96 valence electrons. The van der Waals surface area contributed by atoms with Crippen molar-refractivity contribution < 1.29 is 17.2 Å². The van der Waals surface area contributed by atoms with Gasteiger partial charge in [0.15, 0.2) is 0 Å². The van der Waals surface area contributed by atoms with Crippen LogP contribution in [0.15, 0.2) is 47.9 Å². The Hall–Kier alpha value is -0.820. The predicted octanol–water partition coefficient (Wildman–Crippen LogP) is 1.57. The molecular weight excluding hydrogens is 260 g/mol. The van der Waals surface area contributed by atoms with Gasteiger partial charge in [-0.2, -0.15) is 8.42 Å². The van der Waals surface area contributed by atoms with Gasteiger partial charge in [0, 0.05) is 0 Å². The second-order valence-electron chi connectivity index (χ2n) is 3.08. The fraction of sp³-hybridized carbons (Fsp3) is 0.273. The topological polar surface area (TPSA) is 66.4 Å². The molecule has 0 bridgehead atoms. The Bertz CT molecular complexity index is 410. The molecule has 0 spiro atoms. The van der Waals surface area contributed by atoms with Crippen LogP contribution in [0.5, 0.6) is 0 Å². The van der Waals surface area contributed by atoms with Crippen molar-refractivity contribution in [3.8, 4) is 0 Å². The third-order valence-corrected chi connectivity index (χ3v) is 2.67. The molecule has 0 fully saturated rings. The largest absolute Gasteiger partial charge is 0.617 e. The van der Waals surface area contributed by atoms with Crippen molar-refractivity contribution in [3.63, 3.8) is 0 Å². The van der Waals surface area contributed by atoms with Crippen LogP contribution in [0.25, 0.3) is 0 Å². The summed E-state index contributed by atoms with van der Waals surface area (Å²) in [6.45, 7) is 3.37. The summed E-state index contributed by atoms with van der Waals surface area (Å²) in [6, 6.07) is 8.00. The molecule has 0 aromatic heterocycles. The summed E-state index contributed by atoms with van der Waals surface area (Å²) in [7, 11) is -3.59. The molecule has 0 amide bonds. The van der Waals surface area contributed by atoms with Gasteiger partial charge in [-0.05, 0) is 12.1 Å². The smallest absolute Gasteiger partial charge is 0.297 e. The van der Waals surface area contributed by atoms with E-state index in [-0.39, 0.29) is 11.5 Å². The van der Waals surface area contributed by atoms with E-state index < -0.39 is 21.3 Å². The molecule has 0 aliphatic rings. The molecule has 0 saturated heterocycles. The average Bonchev–Trinajstić information content (AvgIpc) is 2.27. The summed E-state index contributed by atoms with van der Waals surface area (Å²) in [5.74, 6) is 0. The minimum atomic E-state index is -3.59. The van der Waals surface area contributed by atoms with Gasteiger partial charge >= 0.3 is 0 Å². The van der Waals surface area contributed by atoms with Crippen molar-refractivity contribution in [1.82, 2.24) is 0 Å². The minimum absolute atomic E-state index is 0.00275. The van der Waals surface area contributed by atoms with Crippen LogP contribution in [0.4, 0.5) is 0 Å². The maximum absolute atomic E-state index is 11.3. The Morgan fingerprint density at radius 1 is 1.35 bits per heavy atom. The molecule has 6 heteroatoms. The van der Waals surface area contributed by atoms with Crippen molar-refractivity contribution in [3.05, 3.63) is 43.0 Å². The standard InChI is InChI=1S/C9H10O3S.C2H6OS/c1-2-8-12-13(10,11)9-6-4-3-5-7-9;1-4(2)3/h2-7H,1,8H2;1-2H3. The van der Waals surface area contributed by atoms with Crippen LogP contribution in [-0.2, 0) is 25.5 Å². The van der Waals surface area contributed by atoms with Crippen molar-refractivity contribution in [2.75, 3.05) is 19.1 Å². The summed E-state index contributed by atoms with van der Waals surface area (Å²) in [5.41, 5.74) is 0. The molecule has 0 atom stereocenters. The molecule has 0 radical (unpaired) electrons. The van der Waals surface area contributed by atoms with E-state index in [9.17, 15) is 13.0 Å². The number of benzene rings is 1. The Morgan fingerprint density at radius 2 is 1.82 bits per heavy atom. The maximum atomic E-state index is 11.3. The van der Waals surface area contributed by atoms with Gasteiger partial charge in [0.25, 0.3) is 10.1 Å². The maximum Gasteiger partial charge on any atom is 0.297 e. The lowest BCUT2D eigenvalue weighted by atomic mass is 10.4. The summed E-state index contributed by atoms with van der Waals surface area (Å²) in [5, 5.41) is 0. The van der Waals surface area contributed by atoms with E-state index in [4.69, 9.17) is 0 Å². The normalized spacial score (nSPS) is 10.6. The van der Waals surface area contributed by atoms with Gasteiger partial charge in [-0.3, -0.25) is 4.18 Å². The second-order valence-corrected chi connectivity index (χ2v) is 6.18. The summed E-state index contributed by atoms with van der Waals surface area (Å²) in [4.78, 5) is 0.164. The first-order chi connectivity index (χ1) is 7.90. The molecule has 0 saturated carbocycles. The lowest BCUT2D eigenvalue weighted by Gasteiger charge is -2.01. The van der Waals surface area contributed by atoms with Crippen molar-refractivity contribution in [1.29, 1.82) is 0 Å². The first-order valence-corrected chi connectivity index (χ1v) is 8.08. The van der Waals surface area contributed by atoms with Crippen LogP contribution in [0.3, 0.4) is 0 Å². The first-order valence-electron chi connectivity index (χ1n) is 4.70. The number of rotatable bonds is 4. The van der Waals surface area contributed by atoms with Crippen molar-refractivity contribution >= 4 is 21.3 Å². The molecule has 1 rings (SSSR count). The molecular formula is C11H16O4S2. The van der Waals surface area contributed by atoms with Crippen molar-refractivity contribution in [2.24, 2.45) is 0 Å².